The summed E-state index contributed by atoms with van der Waals surface area (Å²) in [5.74, 6) is 0.641. The molecule has 0 spiro atoms. The Morgan fingerprint density at radius 3 is 2.73 bits per heavy atom. The van der Waals surface area contributed by atoms with Crippen molar-refractivity contribution in [1.29, 1.82) is 0 Å². The van der Waals surface area contributed by atoms with Gasteiger partial charge in [0.05, 0.1) is 29.4 Å². The zero-order valence-corrected chi connectivity index (χ0v) is 20.1. The van der Waals surface area contributed by atoms with E-state index in [-0.39, 0.29) is 42.9 Å². The van der Waals surface area contributed by atoms with Crippen molar-refractivity contribution in [3.8, 4) is 5.75 Å². The van der Waals surface area contributed by atoms with E-state index in [1.54, 1.807) is 11.3 Å². The van der Waals surface area contributed by atoms with Gasteiger partial charge >= 0.3 is 6.18 Å². The van der Waals surface area contributed by atoms with Crippen molar-refractivity contribution in [2.24, 2.45) is 4.99 Å². The molecule has 0 radical (unpaired) electrons. The molecule has 0 saturated heterocycles. The van der Waals surface area contributed by atoms with Gasteiger partial charge in [0, 0.05) is 19.0 Å². The first-order valence-corrected chi connectivity index (χ1v) is 9.95. The van der Waals surface area contributed by atoms with Crippen LogP contribution in [0.3, 0.4) is 0 Å². The second kappa shape index (κ2) is 12.3. The summed E-state index contributed by atoms with van der Waals surface area (Å²) in [5.41, 5.74) is 0.130. The number of rotatable bonds is 8. The Bertz CT molecular complexity index is 817. The Kier molecular flexibility index (Phi) is 10.8. The number of nitrogens with zero attached hydrogens (tertiary/aromatic N) is 3. The first-order chi connectivity index (χ1) is 13.7. The summed E-state index contributed by atoms with van der Waals surface area (Å²) in [6.45, 7) is 4.96. The number of aliphatic hydroxyl groups is 1. The molecule has 1 atom stereocenters. The Labute approximate surface area is 195 Å². The molecule has 1 aromatic carbocycles. The number of guanidine groups is 1. The van der Waals surface area contributed by atoms with Gasteiger partial charge in [0.2, 0.25) is 0 Å². The van der Waals surface area contributed by atoms with Gasteiger partial charge in [0.15, 0.2) is 5.96 Å². The van der Waals surface area contributed by atoms with Gasteiger partial charge in [-0.2, -0.15) is 13.2 Å². The van der Waals surface area contributed by atoms with Crippen molar-refractivity contribution in [2.45, 2.75) is 32.7 Å². The van der Waals surface area contributed by atoms with E-state index < -0.39 is 17.8 Å². The predicted octanol–water partition coefficient (Wildman–Crippen LogP) is 3.93. The van der Waals surface area contributed by atoms with Crippen molar-refractivity contribution in [2.75, 3.05) is 26.7 Å². The monoisotopic (exact) mass is 558 g/mol. The van der Waals surface area contributed by atoms with E-state index in [1.165, 1.54) is 12.1 Å². The number of hydrogen-bond acceptors (Lipinski definition) is 5. The maximum atomic E-state index is 12.7. The van der Waals surface area contributed by atoms with Crippen molar-refractivity contribution < 1.29 is 23.0 Å². The smallest absolute Gasteiger partial charge is 0.416 e. The molecule has 0 amide bonds. The molecule has 0 aliphatic heterocycles. The van der Waals surface area contributed by atoms with Crippen LogP contribution in [-0.4, -0.2) is 53.8 Å². The summed E-state index contributed by atoms with van der Waals surface area (Å²) >= 11 is 1.57. The molecule has 0 fully saturated rings. The van der Waals surface area contributed by atoms with Gasteiger partial charge in [-0.3, -0.25) is 4.99 Å². The molecule has 168 valence electrons. The zero-order chi connectivity index (χ0) is 21.4. The minimum absolute atomic E-state index is 0. The Morgan fingerprint density at radius 2 is 2.13 bits per heavy atom. The van der Waals surface area contributed by atoms with Gasteiger partial charge in [0.1, 0.15) is 18.5 Å². The minimum atomic E-state index is -4.44. The highest BCUT2D eigenvalue weighted by atomic mass is 127. The lowest BCUT2D eigenvalue weighted by atomic mass is 10.2. The van der Waals surface area contributed by atoms with E-state index in [2.05, 4.69) is 15.3 Å². The SMILES string of the molecule is CCNC(=NCC(O)COc1cccc(C(F)(F)F)c1)N(C)Cc1csc(C)n1.I. The molecule has 0 aliphatic carbocycles. The molecule has 2 N–H and O–H groups in total. The number of thiazole rings is 1. The number of halogens is 4. The van der Waals surface area contributed by atoms with E-state index in [0.29, 0.717) is 19.0 Å². The van der Waals surface area contributed by atoms with Gasteiger partial charge in [-0.25, -0.2) is 4.98 Å². The third-order valence-corrected chi connectivity index (χ3v) is 4.64. The van der Waals surface area contributed by atoms with Crippen LogP contribution >= 0.6 is 35.3 Å². The van der Waals surface area contributed by atoms with Crippen LogP contribution in [0.2, 0.25) is 0 Å². The molecule has 0 aliphatic rings. The van der Waals surface area contributed by atoms with Crippen LogP contribution < -0.4 is 10.1 Å². The summed E-state index contributed by atoms with van der Waals surface area (Å²) in [7, 11) is 1.86. The van der Waals surface area contributed by atoms with Crippen molar-refractivity contribution in [1.82, 2.24) is 15.2 Å². The Balaban J connectivity index is 0.00000450. The maximum Gasteiger partial charge on any atom is 0.416 e. The summed E-state index contributed by atoms with van der Waals surface area (Å²) in [6, 6.07) is 4.56. The highest BCUT2D eigenvalue weighted by Gasteiger charge is 2.30. The summed E-state index contributed by atoms with van der Waals surface area (Å²) < 4.78 is 43.5. The average Bonchev–Trinajstić information content (AvgIpc) is 3.07. The average molecular weight is 558 g/mol. The fourth-order valence-corrected chi connectivity index (χ4v) is 3.07. The van der Waals surface area contributed by atoms with Crippen LogP contribution in [0.5, 0.6) is 5.75 Å². The van der Waals surface area contributed by atoms with Crippen LogP contribution in [0.15, 0.2) is 34.6 Å². The van der Waals surface area contributed by atoms with E-state index in [9.17, 15) is 18.3 Å². The lowest BCUT2D eigenvalue weighted by Gasteiger charge is -2.21. The number of nitrogens with one attached hydrogen (secondary N) is 1. The van der Waals surface area contributed by atoms with Gasteiger partial charge < -0.3 is 20.1 Å². The normalized spacial score (nSPS) is 12.8. The minimum Gasteiger partial charge on any atom is -0.491 e. The standard InChI is InChI=1S/C19H25F3N4O2S.HI/c1-4-23-18(26(3)10-15-12-29-13(2)25-15)24-9-16(27)11-28-17-7-5-6-14(8-17)19(20,21)22;/h5-8,12,16,27H,4,9-11H2,1-3H3,(H,23,24);1H. The van der Waals surface area contributed by atoms with Crippen molar-refractivity contribution >= 4 is 41.3 Å². The van der Waals surface area contributed by atoms with Gasteiger partial charge in [-0.15, -0.1) is 35.3 Å². The third kappa shape index (κ3) is 8.64. The molecule has 1 unspecified atom stereocenters. The predicted molar refractivity (Wildman–Crippen MR) is 123 cm³/mol. The van der Waals surface area contributed by atoms with Crippen molar-refractivity contribution in [3.63, 3.8) is 0 Å². The van der Waals surface area contributed by atoms with Crippen molar-refractivity contribution in [3.05, 3.63) is 45.9 Å². The lowest BCUT2D eigenvalue weighted by Crippen LogP contribution is -2.39. The fourth-order valence-electron chi connectivity index (χ4n) is 2.47. The van der Waals surface area contributed by atoms with Crippen LogP contribution in [0.4, 0.5) is 13.2 Å². The molecular formula is C19H26F3IN4O2S. The molecule has 2 rings (SSSR count). The molecule has 2 aromatic rings. The van der Waals surface area contributed by atoms with Gasteiger partial charge in [-0.1, -0.05) is 6.07 Å². The summed E-state index contributed by atoms with van der Waals surface area (Å²) in [6.07, 6.45) is -5.41. The number of hydrogen-bond donors (Lipinski definition) is 2. The van der Waals surface area contributed by atoms with E-state index in [1.807, 2.05) is 31.2 Å². The first kappa shape index (κ1) is 26.4. The highest BCUT2D eigenvalue weighted by Crippen LogP contribution is 2.31. The molecular weight excluding hydrogens is 532 g/mol. The number of ether oxygens (including phenoxy) is 1. The largest absolute Gasteiger partial charge is 0.491 e. The Hall–Kier alpha value is -1.60. The molecule has 11 heteroatoms. The number of benzene rings is 1. The quantitative estimate of drug-likeness (QED) is 0.292. The second-order valence-corrected chi connectivity index (χ2v) is 7.46. The number of aliphatic hydroxyl groups excluding tert-OH is 1. The Morgan fingerprint density at radius 1 is 1.40 bits per heavy atom. The fraction of sp³-hybridized carbons (Fsp3) is 0.474. The topological polar surface area (TPSA) is 70.0 Å². The van der Waals surface area contributed by atoms with Crippen LogP contribution in [0.1, 0.15) is 23.2 Å². The first-order valence-electron chi connectivity index (χ1n) is 9.07. The van der Waals surface area contributed by atoms with E-state index in [0.717, 1.165) is 22.8 Å². The molecule has 0 saturated carbocycles. The van der Waals surface area contributed by atoms with Crippen LogP contribution in [0, 0.1) is 6.92 Å². The van der Waals surface area contributed by atoms with Crippen LogP contribution in [0.25, 0.3) is 0 Å². The van der Waals surface area contributed by atoms with E-state index >= 15 is 0 Å². The highest BCUT2D eigenvalue weighted by molar-refractivity contribution is 14.0. The third-order valence-electron chi connectivity index (χ3n) is 3.82. The molecule has 6 nitrogen and oxygen atoms in total. The molecule has 1 aromatic heterocycles. The lowest BCUT2D eigenvalue weighted by molar-refractivity contribution is -0.137. The van der Waals surface area contributed by atoms with Crippen LogP contribution in [-0.2, 0) is 12.7 Å². The van der Waals surface area contributed by atoms with E-state index in [4.69, 9.17) is 4.74 Å². The maximum absolute atomic E-state index is 12.7. The number of aryl methyl sites for hydroxylation is 1. The second-order valence-electron chi connectivity index (χ2n) is 6.40. The number of aromatic nitrogens is 1. The zero-order valence-electron chi connectivity index (χ0n) is 16.9. The number of aliphatic imine (C=N–C) groups is 1. The summed E-state index contributed by atoms with van der Waals surface area (Å²) in [5, 5.41) is 16.2. The summed E-state index contributed by atoms with van der Waals surface area (Å²) in [4.78, 5) is 10.7. The van der Waals surface area contributed by atoms with Gasteiger partial charge in [0.25, 0.3) is 0 Å². The molecule has 1 heterocycles. The number of alkyl halides is 3. The molecule has 0 bridgehead atoms. The molecule has 30 heavy (non-hydrogen) atoms. The van der Waals surface area contributed by atoms with Gasteiger partial charge in [-0.05, 0) is 32.0 Å².